The molecule has 1 atom stereocenters. The predicted octanol–water partition coefficient (Wildman–Crippen LogP) is 2.10. The fourth-order valence-electron chi connectivity index (χ4n) is 2.01. The molecule has 0 aromatic carbocycles. The minimum Gasteiger partial charge on any atom is -0.395 e. The normalized spacial score (nSPS) is 15.5. The molecule has 0 amide bonds. The molecule has 3 heteroatoms. The van der Waals surface area contributed by atoms with Gasteiger partial charge in [0.15, 0.2) is 0 Å². The molecule has 1 unspecified atom stereocenters. The van der Waals surface area contributed by atoms with E-state index in [4.69, 9.17) is 5.11 Å². The van der Waals surface area contributed by atoms with Gasteiger partial charge in [0.2, 0.25) is 0 Å². The molecule has 0 saturated heterocycles. The molecule has 0 radical (unpaired) electrons. The average Bonchev–Trinajstić information content (AvgIpc) is 2.27. The largest absolute Gasteiger partial charge is 0.395 e. The molecule has 17 heavy (non-hydrogen) atoms. The number of aliphatic hydroxyl groups excluding tert-OH is 1. The molecule has 3 nitrogen and oxygen atoms in total. The van der Waals surface area contributed by atoms with Crippen LogP contribution in [0.3, 0.4) is 0 Å². The topological polar surface area (TPSA) is 35.5 Å². The summed E-state index contributed by atoms with van der Waals surface area (Å²) in [5.41, 5.74) is 0.300. The van der Waals surface area contributed by atoms with E-state index in [1.165, 1.54) is 6.42 Å². The summed E-state index contributed by atoms with van der Waals surface area (Å²) >= 11 is 0. The zero-order valence-corrected chi connectivity index (χ0v) is 12.4. The second kappa shape index (κ2) is 8.90. The molecule has 0 aliphatic rings. The third kappa shape index (κ3) is 7.74. The Labute approximate surface area is 108 Å². The molecule has 2 N–H and O–H groups in total. The van der Waals surface area contributed by atoms with Crippen molar-refractivity contribution in [2.45, 2.75) is 53.5 Å². The minimum absolute atomic E-state index is 0.261. The monoisotopic (exact) mass is 244 g/mol. The smallest absolute Gasteiger partial charge is 0.0558 e. The third-order valence-electron chi connectivity index (χ3n) is 3.35. The molecule has 0 rings (SSSR count). The standard InChI is InChI=1S/C14H32N2O/c1-6-8-16(9-10-17)12-14(5,7-2)11-15-13(3)4/h13,15,17H,6-12H2,1-5H3. The first-order chi connectivity index (χ1) is 7.97. The summed E-state index contributed by atoms with van der Waals surface area (Å²) in [5.74, 6) is 0. The highest BCUT2D eigenvalue weighted by Crippen LogP contribution is 2.22. The summed E-state index contributed by atoms with van der Waals surface area (Å²) in [6, 6.07) is 0.540. The van der Waals surface area contributed by atoms with Gasteiger partial charge in [-0.1, -0.05) is 34.6 Å². The van der Waals surface area contributed by atoms with Crippen LogP contribution in [-0.2, 0) is 0 Å². The molecule has 0 aromatic rings. The van der Waals surface area contributed by atoms with Crippen LogP contribution >= 0.6 is 0 Å². The minimum atomic E-state index is 0.261. The highest BCUT2D eigenvalue weighted by molar-refractivity contribution is 4.80. The Morgan fingerprint density at radius 1 is 1.24 bits per heavy atom. The van der Waals surface area contributed by atoms with Gasteiger partial charge < -0.3 is 15.3 Å². The van der Waals surface area contributed by atoms with Crippen molar-refractivity contribution in [2.24, 2.45) is 5.41 Å². The van der Waals surface area contributed by atoms with Gasteiger partial charge >= 0.3 is 0 Å². The molecule has 0 spiro atoms. The lowest BCUT2D eigenvalue weighted by Gasteiger charge is -2.35. The highest BCUT2D eigenvalue weighted by atomic mass is 16.3. The van der Waals surface area contributed by atoms with Crippen LogP contribution in [0.4, 0.5) is 0 Å². The van der Waals surface area contributed by atoms with Gasteiger partial charge in [0.25, 0.3) is 0 Å². The first-order valence-electron chi connectivity index (χ1n) is 7.04. The maximum Gasteiger partial charge on any atom is 0.0558 e. The first kappa shape index (κ1) is 16.9. The van der Waals surface area contributed by atoms with Crippen LogP contribution in [0.2, 0.25) is 0 Å². The van der Waals surface area contributed by atoms with E-state index in [2.05, 4.69) is 44.8 Å². The van der Waals surface area contributed by atoms with E-state index in [0.29, 0.717) is 11.5 Å². The molecule has 0 aliphatic heterocycles. The number of hydrogen-bond acceptors (Lipinski definition) is 3. The maximum absolute atomic E-state index is 9.09. The van der Waals surface area contributed by atoms with E-state index in [1.807, 2.05) is 0 Å². The first-order valence-corrected chi connectivity index (χ1v) is 7.04. The molecule has 0 aromatic heterocycles. The molecule has 0 fully saturated rings. The number of nitrogens with one attached hydrogen (secondary N) is 1. The van der Waals surface area contributed by atoms with Crippen molar-refractivity contribution in [2.75, 3.05) is 32.8 Å². The van der Waals surface area contributed by atoms with Crippen molar-refractivity contribution in [3.8, 4) is 0 Å². The molecule has 0 aliphatic carbocycles. The second-order valence-electron chi connectivity index (χ2n) is 5.70. The zero-order chi connectivity index (χ0) is 13.3. The Balaban J connectivity index is 4.29. The van der Waals surface area contributed by atoms with Gasteiger partial charge in [0.1, 0.15) is 0 Å². The Morgan fingerprint density at radius 3 is 2.29 bits per heavy atom. The van der Waals surface area contributed by atoms with Gasteiger partial charge in [-0.15, -0.1) is 0 Å². The zero-order valence-electron chi connectivity index (χ0n) is 12.4. The van der Waals surface area contributed by atoms with Crippen LogP contribution in [0, 0.1) is 5.41 Å². The van der Waals surface area contributed by atoms with Crippen LogP contribution in [0.25, 0.3) is 0 Å². The van der Waals surface area contributed by atoms with Crippen molar-refractivity contribution in [1.82, 2.24) is 10.2 Å². The number of aliphatic hydroxyl groups is 1. The predicted molar refractivity (Wildman–Crippen MR) is 75.4 cm³/mol. The van der Waals surface area contributed by atoms with E-state index in [9.17, 15) is 0 Å². The van der Waals surface area contributed by atoms with Crippen molar-refractivity contribution < 1.29 is 5.11 Å². The van der Waals surface area contributed by atoms with Gasteiger partial charge in [-0.2, -0.15) is 0 Å². The Morgan fingerprint density at radius 2 is 1.88 bits per heavy atom. The summed E-state index contributed by atoms with van der Waals surface area (Å²) in [4.78, 5) is 2.38. The summed E-state index contributed by atoms with van der Waals surface area (Å²) in [5, 5.41) is 12.6. The van der Waals surface area contributed by atoms with Gasteiger partial charge in [0.05, 0.1) is 6.61 Å². The van der Waals surface area contributed by atoms with Crippen LogP contribution in [0.1, 0.15) is 47.5 Å². The molecule has 0 saturated carbocycles. The van der Waals surface area contributed by atoms with Crippen molar-refractivity contribution >= 4 is 0 Å². The van der Waals surface area contributed by atoms with E-state index in [-0.39, 0.29) is 6.61 Å². The number of nitrogens with zero attached hydrogens (tertiary/aromatic N) is 1. The highest BCUT2D eigenvalue weighted by Gasteiger charge is 2.24. The maximum atomic E-state index is 9.09. The fraction of sp³-hybridized carbons (Fsp3) is 1.00. The lowest BCUT2D eigenvalue weighted by Crippen LogP contribution is -2.44. The van der Waals surface area contributed by atoms with Crippen LogP contribution in [-0.4, -0.2) is 48.8 Å². The number of hydrogen-bond donors (Lipinski definition) is 2. The molecule has 104 valence electrons. The van der Waals surface area contributed by atoms with E-state index < -0.39 is 0 Å². The molecule has 0 bridgehead atoms. The van der Waals surface area contributed by atoms with Crippen molar-refractivity contribution in [3.05, 3.63) is 0 Å². The lowest BCUT2D eigenvalue weighted by molar-refractivity contribution is 0.127. The van der Waals surface area contributed by atoms with Gasteiger partial charge in [0, 0.05) is 25.7 Å². The van der Waals surface area contributed by atoms with Gasteiger partial charge in [-0.3, -0.25) is 0 Å². The van der Waals surface area contributed by atoms with E-state index in [1.54, 1.807) is 0 Å². The lowest BCUT2D eigenvalue weighted by atomic mass is 9.86. The van der Waals surface area contributed by atoms with E-state index in [0.717, 1.165) is 32.6 Å². The Kier molecular flexibility index (Phi) is 8.83. The molecule has 0 heterocycles. The molecular formula is C14H32N2O. The van der Waals surface area contributed by atoms with Crippen LogP contribution < -0.4 is 5.32 Å². The molecular weight excluding hydrogens is 212 g/mol. The quantitative estimate of drug-likeness (QED) is 0.618. The SMILES string of the molecule is CCCN(CCO)CC(C)(CC)CNC(C)C. The van der Waals surface area contributed by atoms with Crippen molar-refractivity contribution in [3.63, 3.8) is 0 Å². The summed E-state index contributed by atoms with van der Waals surface area (Å²) in [7, 11) is 0. The fourth-order valence-corrected chi connectivity index (χ4v) is 2.01. The van der Waals surface area contributed by atoms with Gasteiger partial charge in [-0.25, -0.2) is 0 Å². The second-order valence-corrected chi connectivity index (χ2v) is 5.70. The van der Waals surface area contributed by atoms with Crippen LogP contribution in [0.5, 0.6) is 0 Å². The van der Waals surface area contributed by atoms with E-state index >= 15 is 0 Å². The summed E-state index contributed by atoms with van der Waals surface area (Å²) < 4.78 is 0. The van der Waals surface area contributed by atoms with Crippen molar-refractivity contribution in [1.29, 1.82) is 0 Å². The van der Waals surface area contributed by atoms with Crippen LogP contribution in [0.15, 0.2) is 0 Å². The summed E-state index contributed by atoms with van der Waals surface area (Å²) in [6.45, 7) is 15.4. The third-order valence-corrected chi connectivity index (χ3v) is 3.35. The Bertz CT molecular complexity index is 179. The Hall–Kier alpha value is -0.120. The average molecular weight is 244 g/mol. The summed E-state index contributed by atoms with van der Waals surface area (Å²) in [6.07, 6.45) is 2.32. The number of rotatable bonds is 10. The van der Waals surface area contributed by atoms with Gasteiger partial charge in [-0.05, 0) is 24.8 Å².